The third-order valence-corrected chi connectivity index (χ3v) is 1.96. The van der Waals surface area contributed by atoms with Crippen LogP contribution in [0.1, 0.15) is 17.3 Å². The molecule has 0 unspecified atom stereocenters. The number of ketones is 1. The Morgan fingerprint density at radius 1 is 1.44 bits per heavy atom. The van der Waals surface area contributed by atoms with Crippen molar-refractivity contribution in [3.8, 4) is 0 Å². The van der Waals surface area contributed by atoms with E-state index in [1.807, 2.05) is 0 Å². The fraction of sp³-hybridized carbons (Fsp3) is 0.400. The summed E-state index contributed by atoms with van der Waals surface area (Å²) in [4.78, 5) is 15.7. The van der Waals surface area contributed by atoms with E-state index >= 15 is 0 Å². The highest BCUT2D eigenvalue weighted by atomic mass is 19.4. The number of carbonyl (C=O) groups excluding carboxylic acids is 1. The van der Waals surface area contributed by atoms with Gasteiger partial charge in [-0.1, -0.05) is 0 Å². The predicted molar refractivity (Wildman–Crippen MR) is 53.6 cm³/mol. The van der Waals surface area contributed by atoms with Gasteiger partial charge in [0.25, 0.3) is 0 Å². The quantitative estimate of drug-likeness (QED) is 0.749. The van der Waals surface area contributed by atoms with E-state index < -0.39 is 12.7 Å². The van der Waals surface area contributed by atoms with Crippen molar-refractivity contribution < 1.29 is 18.0 Å². The van der Waals surface area contributed by atoms with Gasteiger partial charge >= 0.3 is 6.18 Å². The number of carbonyl (C=O) groups is 1. The predicted octanol–water partition coefficient (Wildman–Crippen LogP) is 2.28. The van der Waals surface area contributed by atoms with E-state index in [2.05, 4.69) is 4.98 Å². The second-order valence-corrected chi connectivity index (χ2v) is 3.43. The van der Waals surface area contributed by atoms with Crippen LogP contribution in [-0.4, -0.2) is 30.5 Å². The number of anilines is 1. The molecule has 16 heavy (non-hydrogen) atoms. The van der Waals surface area contributed by atoms with Crippen LogP contribution < -0.4 is 4.90 Å². The van der Waals surface area contributed by atoms with Crippen LogP contribution in [0.3, 0.4) is 0 Å². The number of hydrogen-bond acceptors (Lipinski definition) is 3. The SMILES string of the molecule is CC(=O)c1ccc(N(C)CC(F)(F)F)nc1. The van der Waals surface area contributed by atoms with E-state index in [0.717, 1.165) is 4.90 Å². The summed E-state index contributed by atoms with van der Waals surface area (Å²) in [5.41, 5.74) is 0.379. The molecule has 0 radical (unpaired) electrons. The van der Waals surface area contributed by atoms with Crippen LogP contribution >= 0.6 is 0 Å². The van der Waals surface area contributed by atoms with Crippen molar-refractivity contribution in [2.24, 2.45) is 0 Å². The molecule has 0 aliphatic rings. The lowest BCUT2D eigenvalue weighted by Gasteiger charge is -2.19. The van der Waals surface area contributed by atoms with Crippen LogP contribution in [0.4, 0.5) is 19.0 Å². The lowest BCUT2D eigenvalue weighted by Crippen LogP contribution is -2.31. The maximum Gasteiger partial charge on any atom is 0.405 e. The maximum atomic E-state index is 12.1. The van der Waals surface area contributed by atoms with E-state index in [4.69, 9.17) is 0 Å². The Labute approximate surface area is 90.9 Å². The molecule has 0 aliphatic heterocycles. The molecule has 6 heteroatoms. The van der Waals surface area contributed by atoms with Crippen molar-refractivity contribution in [2.75, 3.05) is 18.5 Å². The zero-order valence-corrected chi connectivity index (χ0v) is 8.88. The molecule has 0 aromatic carbocycles. The summed E-state index contributed by atoms with van der Waals surface area (Å²) in [6.07, 6.45) is -3.00. The molecule has 0 bridgehead atoms. The molecule has 0 amide bonds. The first-order chi connectivity index (χ1) is 7.29. The summed E-state index contributed by atoms with van der Waals surface area (Å²) in [7, 11) is 1.29. The number of halogens is 3. The van der Waals surface area contributed by atoms with Gasteiger partial charge in [0, 0.05) is 18.8 Å². The second-order valence-electron chi connectivity index (χ2n) is 3.43. The number of hydrogen-bond donors (Lipinski definition) is 0. The smallest absolute Gasteiger partial charge is 0.351 e. The average molecular weight is 232 g/mol. The lowest BCUT2D eigenvalue weighted by molar-refractivity contribution is -0.119. The minimum atomic E-state index is -4.27. The van der Waals surface area contributed by atoms with Crippen molar-refractivity contribution >= 4 is 11.6 Å². The summed E-state index contributed by atoms with van der Waals surface area (Å²) in [5.74, 6) is 0.0137. The average Bonchev–Trinajstić information content (AvgIpc) is 2.15. The highest BCUT2D eigenvalue weighted by Crippen LogP contribution is 2.19. The molecule has 0 atom stereocenters. The topological polar surface area (TPSA) is 33.2 Å². The van der Waals surface area contributed by atoms with E-state index in [9.17, 15) is 18.0 Å². The Bertz CT molecular complexity index is 373. The molecule has 1 aromatic rings. The van der Waals surface area contributed by atoms with Gasteiger partial charge in [0.15, 0.2) is 5.78 Å². The van der Waals surface area contributed by atoms with Crippen molar-refractivity contribution in [3.63, 3.8) is 0 Å². The van der Waals surface area contributed by atoms with Crippen LogP contribution in [-0.2, 0) is 0 Å². The first kappa shape index (κ1) is 12.5. The molecule has 1 rings (SSSR count). The fourth-order valence-corrected chi connectivity index (χ4v) is 1.17. The lowest BCUT2D eigenvalue weighted by atomic mass is 10.2. The number of rotatable bonds is 3. The molecule has 1 heterocycles. The Balaban J connectivity index is 2.78. The molecular formula is C10H11F3N2O. The van der Waals surface area contributed by atoms with Crippen molar-refractivity contribution in [2.45, 2.75) is 13.1 Å². The van der Waals surface area contributed by atoms with Gasteiger partial charge in [-0.2, -0.15) is 13.2 Å². The molecule has 88 valence electrons. The van der Waals surface area contributed by atoms with Crippen molar-refractivity contribution in [3.05, 3.63) is 23.9 Å². The van der Waals surface area contributed by atoms with Gasteiger partial charge in [-0.25, -0.2) is 4.98 Å². The largest absolute Gasteiger partial charge is 0.405 e. The van der Waals surface area contributed by atoms with Gasteiger partial charge in [-0.3, -0.25) is 4.79 Å². The molecule has 0 N–H and O–H groups in total. The highest BCUT2D eigenvalue weighted by molar-refractivity contribution is 5.93. The van der Waals surface area contributed by atoms with Gasteiger partial charge in [0.1, 0.15) is 12.4 Å². The molecule has 1 aromatic heterocycles. The van der Waals surface area contributed by atoms with Gasteiger partial charge in [-0.15, -0.1) is 0 Å². The van der Waals surface area contributed by atoms with E-state index in [0.29, 0.717) is 5.56 Å². The zero-order chi connectivity index (χ0) is 12.3. The van der Waals surface area contributed by atoms with E-state index in [1.54, 1.807) is 0 Å². The summed E-state index contributed by atoms with van der Waals surface area (Å²) in [6, 6.07) is 2.85. The number of aromatic nitrogens is 1. The van der Waals surface area contributed by atoms with Crippen molar-refractivity contribution in [1.29, 1.82) is 0 Å². The normalized spacial score (nSPS) is 11.3. The van der Waals surface area contributed by atoms with Gasteiger partial charge in [-0.05, 0) is 19.1 Å². The van der Waals surface area contributed by atoms with Crippen LogP contribution in [0, 0.1) is 0 Å². The molecule has 0 spiro atoms. The zero-order valence-electron chi connectivity index (χ0n) is 8.88. The third kappa shape index (κ3) is 3.52. The highest BCUT2D eigenvalue weighted by Gasteiger charge is 2.29. The van der Waals surface area contributed by atoms with Crippen molar-refractivity contribution in [1.82, 2.24) is 4.98 Å². The molecule has 3 nitrogen and oxygen atoms in total. The summed E-state index contributed by atoms with van der Waals surface area (Å²) < 4.78 is 36.2. The standard InChI is InChI=1S/C10H11F3N2O/c1-7(16)8-3-4-9(14-5-8)15(2)6-10(11,12)13/h3-5H,6H2,1-2H3. The second kappa shape index (κ2) is 4.51. The summed E-state index contributed by atoms with van der Waals surface area (Å²) >= 11 is 0. The Morgan fingerprint density at radius 3 is 2.44 bits per heavy atom. The number of nitrogens with zero attached hydrogens (tertiary/aromatic N) is 2. The van der Waals surface area contributed by atoms with E-state index in [-0.39, 0.29) is 11.6 Å². The minimum Gasteiger partial charge on any atom is -0.351 e. The molecule has 0 aliphatic carbocycles. The fourth-order valence-electron chi connectivity index (χ4n) is 1.17. The number of alkyl halides is 3. The minimum absolute atomic E-state index is 0.169. The van der Waals surface area contributed by atoms with Gasteiger partial charge in [0.05, 0.1) is 0 Å². The third-order valence-electron chi connectivity index (χ3n) is 1.96. The van der Waals surface area contributed by atoms with Gasteiger partial charge < -0.3 is 4.90 Å². The molecule has 0 saturated carbocycles. The van der Waals surface area contributed by atoms with Gasteiger partial charge in [0.2, 0.25) is 0 Å². The maximum absolute atomic E-state index is 12.1. The Morgan fingerprint density at radius 2 is 2.06 bits per heavy atom. The first-order valence-electron chi connectivity index (χ1n) is 4.54. The van der Waals surface area contributed by atoms with E-state index in [1.165, 1.54) is 32.3 Å². The molecule has 0 fully saturated rings. The van der Waals surface area contributed by atoms with Crippen LogP contribution in [0.2, 0.25) is 0 Å². The van der Waals surface area contributed by atoms with Crippen LogP contribution in [0.5, 0.6) is 0 Å². The van der Waals surface area contributed by atoms with Crippen LogP contribution in [0.15, 0.2) is 18.3 Å². The molecule has 0 saturated heterocycles. The Hall–Kier alpha value is -1.59. The van der Waals surface area contributed by atoms with Crippen LogP contribution in [0.25, 0.3) is 0 Å². The molecular weight excluding hydrogens is 221 g/mol. The number of Topliss-reactive ketones (excluding diaryl/α,β-unsaturated/α-hetero) is 1. The first-order valence-corrected chi connectivity index (χ1v) is 4.54. The number of pyridine rings is 1. The Kier molecular flexibility index (Phi) is 3.51. The monoisotopic (exact) mass is 232 g/mol. The summed E-state index contributed by atoms with van der Waals surface area (Å²) in [5, 5.41) is 0. The summed E-state index contributed by atoms with van der Waals surface area (Å²) in [6.45, 7) is 0.301.